The van der Waals surface area contributed by atoms with E-state index < -0.39 is 17.6 Å². The number of nitrogens with one attached hydrogen (secondary N) is 1. The van der Waals surface area contributed by atoms with Crippen molar-refractivity contribution >= 4 is 45.3 Å². The van der Waals surface area contributed by atoms with E-state index in [1.165, 1.54) is 6.08 Å². The predicted octanol–water partition coefficient (Wildman–Crippen LogP) is 1.51. The minimum absolute atomic E-state index is 0.00843. The van der Waals surface area contributed by atoms with Gasteiger partial charge in [0.2, 0.25) is 5.91 Å². The van der Waals surface area contributed by atoms with E-state index in [9.17, 15) is 14.4 Å². The van der Waals surface area contributed by atoms with Crippen LogP contribution in [0.4, 0.5) is 5.69 Å². The van der Waals surface area contributed by atoms with Gasteiger partial charge in [-0.3, -0.25) is 19.7 Å². The number of halogens is 1. The molecule has 0 bridgehead atoms. The second-order valence-corrected chi connectivity index (χ2v) is 5.49. The lowest BCUT2D eigenvalue weighted by Crippen LogP contribution is -2.40. The molecule has 1 heterocycles. The van der Waals surface area contributed by atoms with Crippen LogP contribution in [0.25, 0.3) is 6.08 Å². The number of rotatable bonds is 2. The molecule has 5 nitrogen and oxygen atoms in total. The molecule has 1 saturated heterocycles. The minimum atomic E-state index is -0.640. The largest absolute Gasteiger partial charge is 0.377 e. The number of carbonyl (C=O) groups excluding carboxylic acids is 3. The van der Waals surface area contributed by atoms with Gasteiger partial charge in [-0.25, -0.2) is 0 Å². The third-order valence-corrected chi connectivity index (χ3v) is 3.52. The highest BCUT2D eigenvalue weighted by molar-refractivity contribution is 9.10. The first-order chi connectivity index (χ1) is 9.38. The van der Waals surface area contributed by atoms with E-state index in [0.717, 1.165) is 15.7 Å². The van der Waals surface area contributed by atoms with Crippen LogP contribution in [0.1, 0.15) is 12.0 Å². The molecule has 20 heavy (non-hydrogen) atoms. The summed E-state index contributed by atoms with van der Waals surface area (Å²) in [5.41, 5.74) is 1.71. The summed E-state index contributed by atoms with van der Waals surface area (Å²) in [4.78, 5) is 36.4. The van der Waals surface area contributed by atoms with E-state index in [2.05, 4.69) is 21.2 Å². The molecule has 1 aliphatic rings. The van der Waals surface area contributed by atoms with Crippen molar-refractivity contribution in [1.29, 1.82) is 0 Å². The topological polar surface area (TPSA) is 66.5 Å². The van der Waals surface area contributed by atoms with Crippen LogP contribution in [-0.2, 0) is 14.4 Å². The fourth-order valence-electron chi connectivity index (χ4n) is 1.89. The number of amides is 2. The lowest BCUT2D eigenvalue weighted by molar-refractivity contribution is -0.134. The zero-order valence-electron chi connectivity index (χ0n) is 11.1. The van der Waals surface area contributed by atoms with Crippen molar-refractivity contribution in [3.8, 4) is 0 Å². The molecule has 6 heteroatoms. The quantitative estimate of drug-likeness (QED) is 0.385. The average molecular weight is 337 g/mol. The first-order valence-electron chi connectivity index (χ1n) is 5.94. The molecule has 104 valence electrons. The third-order valence-electron chi connectivity index (χ3n) is 2.88. The second-order valence-electron chi connectivity index (χ2n) is 4.64. The van der Waals surface area contributed by atoms with Crippen molar-refractivity contribution in [1.82, 2.24) is 5.32 Å². The van der Waals surface area contributed by atoms with Crippen molar-refractivity contribution < 1.29 is 14.4 Å². The maximum Gasteiger partial charge on any atom is 0.261 e. The van der Waals surface area contributed by atoms with Gasteiger partial charge in [-0.15, -0.1) is 0 Å². The standard InChI is InChI=1S/C14H13BrN2O3/c1-17(2)11-4-3-8(6-10(11)15)5-9-12(18)7-13(19)16-14(9)20/h3-6H,7H2,1-2H3,(H,16,19,20)/b9-5+. The lowest BCUT2D eigenvalue weighted by Gasteiger charge is -2.15. The molecule has 0 aromatic heterocycles. The number of carbonyl (C=O) groups is 3. The molecular formula is C14H13BrN2O3. The predicted molar refractivity (Wildman–Crippen MR) is 79.2 cm³/mol. The molecule has 0 spiro atoms. The van der Waals surface area contributed by atoms with Crippen molar-refractivity contribution in [2.24, 2.45) is 0 Å². The van der Waals surface area contributed by atoms with Crippen LogP contribution in [-0.4, -0.2) is 31.7 Å². The smallest absolute Gasteiger partial charge is 0.261 e. The van der Waals surface area contributed by atoms with E-state index in [0.29, 0.717) is 0 Å². The van der Waals surface area contributed by atoms with Gasteiger partial charge >= 0.3 is 0 Å². The number of anilines is 1. The summed E-state index contributed by atoms with van der Waals surface area (Å²) in [5.74, 6) is -1.65. The molecule has 1 aliphatic heterocycles. The molecular weight excluding hydrogens is 324 g/mol. The summed E-state index contributed by atoms with van der Waals surface area (Å²) < 4.78 is 0.858. The van der Waals surface area contributed by atoms with Gasteiger partial charge in [0.15, 0.2) is 5.78 Å². The maximum atomic E-state index is 11.7. The molecule has 0 radical (unpaired) electrons. The average Bonchev–Trinajstić information content (AvgIpc) is 2.33. The van der Waals surface area contributed by atoms with Crippen LogP contribution >= 0.6 is 15.9 Å². The second kappa shape index (κ2) is 5.58. The molecule has 1 fully saturated rings. The van der Waals surface area contributed by atoms with Crippen molar-refractivity contribution in [2.75, 3.05) is 19.0 Å². The Bertz CT molecular complexity index is 613. The highest BCUT2D eigenvalue weighted by Crippen LogP contribution is 2.27. The highest BCUT2D eigenvalue weighted by Gasteiger charge is 2.28. The van der Waals surface area contributed by atoms with E-state index in [-0.39, 0.29) is 12.0 Å². The Morgan fingerprint density at radius 1 is 1.25 bits per heavy atom. The molecule has 1 aromatic carbocycles. The number of ketones is 1. The van der Waals surface area contributed by atoms with Crippen LogP contribution in [0.2, 0.25) is 0 Å². The highest BCUT2D eigenvalue weighted by atomic mass is 79.9. The summed E-state index contributed by atoms with van der Waals surface area (Å²) in [6, 6.07) is 5.51. The Balaban J connectivity index is 2.35. The molecule has 0 atom stereocenters. The van der Waals surface area contributed by atoms with E-state index in [4.69, 9.17) is 0 Å². The normalized spacial score (nSPS) is 17.4. The van der Waals surface area contributed by atoms with Gasteiger partial charge in [0, 0.05) is 18.6 Å². The molecule has 0 unspecified atom stereocenters. The monoisotopic (exact) mass is 336 g/mol. The Labute approximate surface area is 124 Å². The van der Waals surface area contributed by atoms with Gasteiger partial charge in [-0.05, 0) is 39.7 Å². The summed E-state index contributed by atoms with van der Waals surface area (Å²) in [6.45, 7) is 0. The molecule has 1 N–H and O–H groups in total. The number of benzene rings is 1. The molecule has 1 aromatic rings. The number of imide groups is 1. The Kier molecular flexibility index (Phi) is 4.04. The minimum Gasteiger partial charge on any atom is -0.377 e. The van der Waals surface area contributed by atoms with Crippen LogP contribution in [0.3, 0.4) is 0 Å². The third kappa shape index (κ3) is 2.96. The Hall–Kier alpha value is -1.95. The number of hydrogen-bond donors (Lipinski definition) is 1. The molecule has 0 aliphatic carbocycles. The van der Waals surface area contributed by atoms with Crippen LogP contribution in [0.15, 0.2) is 28.2 Å². The summed E-state index contributed by atoms with van der Waals surface area (Å²) in [5, 5.41) is 2.14. The number of nitrogens with zero attached hydrogens (tertiary/aromatic N) is 1. The van der Waals surface area contributed by atoms with Gasteiger partial charge in [-0.2, -0.15) is 0 Å². The van der Waals surface area contributed by atoms with E-state index in [1.807, 2.05) is 37.2 Å². The number of piperidine rings is 1. The van der Waals surface area contributed by atoms with Crippen molar-refractivity contribution in [2.45, 2.75) is 6.42 Å². The van der Waals surface area contributed by atoms with E-state index in [1.54, 1.807) is 0 Å². The Morgan fingerprint density at radius 2 is 1.95 bits per heavy atom. The SMILES string of the molecule is CN(C)c1ccc(/C=C2\C(=O)CC(=O)NC2=O)cc1Br. The number of hydrogen-bond acceptors (Lipinski definition) is 4. The first-order valence-corrected chi connectivity index (χ1v) is 6.73. The fraction of sp³-hybridized carbons (Fsp3) is 0.214. The molecule has 2 rings (SSSR count). The summed E-state index contributed by atoms with van der Waals surface area (Å²) >= 11 is 3.44. The van der Waals surface area contributed by atoms with E-state index >= 15 is 0 Å². The van der Waals surface area contributed by atoms with Crippen LogP contribution in [0.5, 0.6) is 0 Å². The molecule has 0 saturated carbocycles. The van der Waals surface area contributed by atoms with Crippen LogP contribution in [0, 0.1) is 0 Å². The van der Waals surface area contributed by atoms with Gasteiger partial charge in [0.05, 0.1) is 17.7 Å². The fourth-order valence-corrected chi connectivity index (χ4v) is 2.65. The molecule has 2 amide bonds. The lowest BCUT2D eigenvalue weighted by atomic mass is 10.0. The van der Waals surface area contributed by atoms with Gasteiger partial charge in [-0.1, -0.05) is 6.07 Å². The summed E-state index contributed by atoms with van der Waals surface area (Å²) in [6.07, 6.45) is 1.21. The van der Waals surface area contributed by atoms with Gasteiger partial charge < -0.3 is 4.90 Å². The van der Waals surface area contributed by atoms with Crippen molar-refractivity contribution in [3.05, 3.63) is 33.8 Å². The number of Topliss-reactive ketones (excluding diaryl/α,β-unsaturated/α-hetero) is 1. The zero-order chi connectivity index (χ0) is 14.9. The van der Waals surface area contributed by atoms with Crippen LogP contribution < -0.4 is 10.2 Å². The Morgan fingerprint density at radius 3 is 2.50 bits per heavy atom. The van der Waals surface area contributed by atoms with Crippen molar-refractivity contribution in [3.63, 3.8) is 0 Å². The first kappa shape index (κ1) is 14.5. The summed E-state index contributed by atoms with van der Waals surface area (Å²) in [7, 11) is 3.84. The maximum absolute atomic E-state index is 11.7. The van der Waals surface area contributed by atoms with Gasteiger partial charge in [0.25, 0.3) is 5.91 Å². The zero-order valence-corrected chi connectivity index (χ0v) is 12.7. The van der Waals surface area contributed by atoms with Gasteiger partial charge in [0.1, 0.15) is 0 Å².